The van der Waals surface area contributed by atoms with Crippen LogP contribution < -0.4 is 0 Å². The van der Waals surface area contributed by atoms with Crippen LogP contribution in [-0.2, 0) is 9.53 Å². The fourth-order valence-electron chi connectivity index (χ4n) is 5.73. The first-order valence-corrected chi connectivity index (χ1v) is 18.6. The van der Waals surface area contributed by atoms with Gasteiger partial charge in [-0.3, -0.25) is 4.79 Å². The third-order valence-corrected chi connectivity index (χ3v) is 8.63. The molecule has 0 aliphatic rings. The summed E-state index contributed by atoms with van der Waals surface area (Å²) in [7, 11) is 0. The second-order valence-electron chi connectivity index (χ2n) is 12.9. The second kappa shape index (κ2) is 33.7. The average molecular weight is 579 g/mol. The summed E-state index contributed by atoms with van der Waals surface area (Å²) in [6, 6.07) is 0. The van der Waals surface area contributed by atoms with Crippen molar-refractivity contribution in [3.63, 3.8) is 0 Å². The minimum absolute atomic E-state index is 0.0186. The van der Waals surface area contributed by atoms with E-state index in [0.29, 0.717) is 18.9 Å². The molecule has 41 heavy (non-hydrogen) atoms. The van der Waals surface area contributed by atoms with Crippen LogP contribution in [0, 0.1) is 5.92 Å². The number of aliphatic hydroxyl groups is 1. The maximum Gasteiger partial charge on any atom is 0.305 e. The van der Waals surface area contributed by atoms with Gasteiger partial charge in [-0.25, -0.2) is 0 Å². The second-order valence-corrected chi connectivity index (χ2v) is 12.9. The van der Waals surface area contributed by atoms with Gasteiger partial charge in [0, 0.05) is 6.42 Å². The Morgan fingerprint density at radius 2 is 1.00 bits per heavy atom. The molecule has 0 bridgehead atoms. The maximum atomic E-state index is 12.4. The molecule has 0 heterocycles. The normalized spacial score (nSPS) is 13.2. The predicted octanol–water partition coefficient (Wildman–Crippen LogP) is 12.4. The van der Waals surface area contributed by atoms with Crippen molar-refractivity contribution in [2.45, 2.75) is 213 Å². The van der Waals surface area contributed by atoms with E-state index >= 15 is 0 Å². The molecule has 0 amide bonds. The highest BCUT2D eigenvalue weighted by Gasteiger charge is 2.12. The highest BCUT2D eigenvalue weighted by atomic mass is 16.5. The van der Waals surface area contributed by atoms with E-state index in [9.17, 15) is 9.90 Å². The van der Waals surface area contributed by atoms with Gasteiger partial charge in [0.1, 0.15) is 0 Å². The van der Waals surface area contributed by atoms with Crippen molar-refractivity contribution >= 4 is 5.97 Å². The number of aliphatic hydroxyl groups excluding tert-OH is 1. The number of carbonyl (C=O) groups is 1. The molecule has 3 nitrogen and oxygen atoms in total. The molecule has 0 radical (unpaired) electrons. The molecule has 0 aromatic carbocycles. The molecule has 1 N–H and O–H groups in total. The van der Waals surface area contributed by atoms with E-state index in [1.54, 1.807) is 0 Å². The van der Waals surface area contributed by atoms with Gasteiger partial charge in [0.25, 0.3) is 0 Å². The molecule has 0 aromatic heterocycles. The van der Waals surface area contributed by atoms with Crippen molar-refractivity contribution in [3.05, 3.63) is 12.2 Å². The van der Waals surface area contributed by atoms with Gasteiger partial charge in [0.2, 0.25) is 0 Å². The molecule has 0 spiro atoms. The monoisotopic (exact) mass is 579 g/mol. The Kier molecular flexibility index (Phi) is 33.0. The summed E-state index contributed by atoms with van der Waals surface area (Å²) in [6.45, 7) is 7.42. The number of esters is 1. The van der Waals surface area contributed by atoms with E-state index < -0.39 is 0 Å². The van der Waals surface area contributed by atoms with Gasteiger partial charge in [-0.2, -0.15) is 0 Å². The van der Waals surface area contributed by atoms with Crippen LogP contribution >= 0.6 is 0 Å². The Morgan fingerprint density at radius 3 is 1.56 bits per heavy atom. The Bertz CT molecular complexity index is 544. The summed E-state index contributed by atoms with van der Waals surface area (Å²) < 4.78 is 5.78. The number of carbonyl (C=O) groups excluding carboxylic acids is 1. The van der Waals surface area contributed by atoms with Gasteiger partial charge >= 0.3 is 5.97 Å². The van der Waals surface area contributed by atoms with Gasteiger partial charge < -0.3 is 9.84 Å². The van der Waals surface area contributed by atoms with Crippen LogP contribution in [0.4, 0.5) is 0 Å². The first-order chi connectivity index (χ1) is 20.1. The van der Waals surface area contributed by atoms with Crippen molar-refractivity contribution in [2.75, 3.05) is 6.61 Å². The molecule has 244 valence electrons. The van der Waals surface area contributed by atoms with Gasteiger partial charge in [-0.05, 0) is 50.9 Å². The Balaban J connectivity index is 3.92. The van der Waals surface area contributed by atoms with Crippen LogP contribution in [-0.4, -0.2) is 23.8 Å². The fraction of sp³-hybridized carbons (Fsp3) is 0.921. The summed E-state index contributed by atoms with van der Waals surface area (Å²) in [5.41, 5.74) is 0. The zero-order valence-corrected chi connectivity index (χ0v) is 28.3. The van der Waals surface area contributed by atoms with Crippen molar-refractivity contribution in [1.29, 1.82) is 0 Å². The zero-order valence-electron chi connectivity index (χ0n) is 28.3. The fourth-order valence-corrected chi connectivity index (χ4v) is 5.73. The molecule has 2 atom stereocenters. The van der Waals surface area contributed by atoms with E-state index in [-0.39, 0.29) is 12.1 Å². The summed E-state index contributed by atoms with van der Waals surface area (Å²) in [5, 5.41) is 10.0. The molecule has 0 saturated heterocycles. The van der Waals surface area contributed by atoms with E-state index in [1.807, 2.05) is 0 Å². The van der Waals surface area contributed by atoms with Crippen LogP contribution in [0.3, 0.4) is 0 Å². The topological polar surface area (TPSA) is 46.5 Å². The Labute approximate surface area is 258 Å². The van der Waals surface area contributed by atoms with Crippen LogP contribution in [0.15, 0.2) is 12.2 Å². The number of allylic oxidation sites excluding steroid dienone is 1. The lowest BCUT2D eigenvalue weighted by Crippen LogP contribution is -2.14. The van der Waals surface area contributed by atoms with Crippen LogP contribution in [0.2, 0.25) is 0 Å². The van der Waals surface area contributed by atoms with Gasteiger partial charge in [0.15, 0.2) is 0 Å². The van der Waals surface area contributed by atoms with Crippen LogP contribution in [0.25, 0.3) is 0 Å². The van der Waals surface area contributed by atoms with E-state index in [0.717, 1.165) is 38.5 Å². The van der Waals surface area contributed by atoms with Gasteiger partial charge in [-0.1, -0.05) is 168 Å². The van der Waals surface area contributed by atoms with Gasteiger partial charge in [0.05, 0.1) is 12.7 Å². The van der Waals surface area contributed by atoms with E-state index in [4.69, 9.17) is 4.74 Å². The number of rotatable bonds is 33. The molecule has 0 aromatic rings. The quantitative estimate of drug-likeness (QED) is 0.0478. The van der Waals surface area contributed by atoms with Crippen LogP contribution in [0.5, 0.6) is 0 Å². The first-order valence-electron chi connectivity index (χ1n) is 18.6. The Hall–Kier alpha value is -0.830. The minimum atomic E-state index is -0.168. The Morgan fingerprint density at radius 1 is 0.561 bits per heavy atom. The summed E-state index contributed by atoms with van der Waals surface area (Å²) in [5.74, 6) is 0.575. The highest BCUT2D eigenvalue weighted by Crippen LogP contribution is 2.20. The number of unbranched alkanes of at least 4 members (excludes halogenated alkanes) is 20. The first kappa shape index (κ1) is 40.2. The molecule has 0 fully saturated rings. The molecule has 0 saturated carbocycles. The average Bonchev–Trinajstić information content (AvgIpc) is 2.97. The largest absolute Gasteiger partial charge is 0.465 e. The third kappa shape index (κ3) is 31.9. The summed E-state index contributed by atoms with van der Waals surface area (Å²) in [4.78, 5) is 12.4. The van der Waals surface area contributed by atoms with Gasteiger partial charge in [-0.15, -0.1) is 0 Å². The minimum Gasteiger partial charge on any atom is -0.465 e. The zero-order chi connectivity index (χ0) is 30.1. The molecule has 3 heteroatoms. The van der Waals surface area contributed by atoms with Crippen molar-refractivity contribution in [1.82, 2.24) is 0 Å². The predicted molar refractivity (Wildman–Crippen MR) is 181 cm³/mol. The molecule has 2 unspecified atom stereocenters. The lowest BCUT2D eigenvalue weighted by molar-refractivity contribution is -0.145. The van der Waals surface area contributed by atoms with Crippen molar-refractivity contribution in [3.8, 4) is 0 Å². The van der Waals surface area contributed by atoms with Crippen molar-refractivity contribution in [2.24, 2.45) is 5.92 Å². The molecule has 0 rings (SSSR count). The molecule has 0 aliphatic heterocycles. The van der Waals surface area contributed by atoms with Crippen molar-refractivity contribution < 1.29 is 14.6 Å². The maximum absolute atomic E-state index is 12.4. The third-order valence-electron chi connectivity index (χ3n) is 8.63. The molecule has 0 aliphatic carbocycles. The van der Waals surface area contributed by atoms with Crippen LogP contribution in [0.1, 0.15) is 207 Å². The smallest absolute Gasteiger partial charge is 0.305 e. The standard InChI is InChI=1S/C38H74O3/c1-4-7-10-13-15-18-22-26-31-36(30-25-21-14-11-8-5-2)35-41-38(40)34-29-24-20-17-16-19-23-28-33-37(39)32-27-12-9-6-3/h23,28,36-37,39H,4-22,24-27,29-35H2,1-3H3. The lowest BCUT2D eigenvalue weighted by Gasteiger charge is -2.17. The summed E-state index contributed by atoms with van der Waals surface area (Å²) in [6.07, 6.45) is 39.6. The number of hydrogen-bond acceptors (Lipinski definition) is 3. The van der Waals surface area contributed by atoms with E-state index in [2.05, 4.69) is 32.9 Å². The molecular weight excluding hydrogens is 504 g/mol. The summed E-state index contributed by atoms with van der Waals surface area (Å²) >= 11 is 0. The molecular formula is C38H74O3. The van der Waals surface area contributed by atoms with E-state index in [1.165, 1.54) is 141 Å². The SMILES string of the molecule is CCCCCCCCCCC(CCCCCCCC)COC(=O)CCCCCCCC=CCC(O)CCCCCC. The highest BCUT2D eigenvalue weighted by molar-refractivity contribution is 5.69. The number of ether oxygens (including phenoxy) is 1. The number of hydrogen-bond donors (Lipinski definition) is 1. The lowest BCUT2D eigenvalue weighted by atomic mass is 9.94.